The van der Waals surface area contributed by atoms with Crippen molar-refractivity contribution in [2.75, 3.05) is 32.8 Å². The van der Waals surface area contributed by atoms with E-state index in [-0.39, 0.29) is 6.10 Å². The van der Waals surface area contributed by atoms with Gasteiger partial charge in [0.05, 0.1) is 5.02 Å². The minimum atomic E-state index is 0.0325. The van der Waals surface area contributed by atoms with Gasteiger partial charge in [-0.3, -0.25) is 9.89 Å². The van der Waals surface area contributed by atoms with Crippen LogP contribution in [-0.2, 0) is 0 Å². The smallest absolute Gasteiger partial charge is 0.180 e. The molecule has 2 aromatic rings. The van der Waals surface area contributed by atoms with Gasteiger partial charge in [-0.15, -0.1) is 0 Å². The van der Waals surface area contributed by atoms with Crippen LogP contribution in [0.3, 0.4) is 0 Å². The summed E-state index contributed by atoms with van der Waals surface area (Å²) < 4.78 is 11.9. The summed E-state index contributed by atoms with van der Waals surface area (Å²) in [5.41, 5.74) is 1.17. The zero-order chi connectivity index (χ0) is 18.5. The normalized spacial score (nSPS) is 20.9. The van der Waals surface area contributed by atoms with Crippen molar-refractivity contribution in [3.8, 4) is 11.5 Å². The van der Waals surface area contributed by atoms with Gasteiger partial charge in [0, 0.05) is 19.3 Å². The van der Waals surface area contributed by atoms with Crippen LogP contribution in [0.2, 0.25) is 5.02 Å². The van der Waals surface area contributed by atoms with Crippen molar-refractivity contribution in [3.05, 3.63) is 59.1 Å². The van der Waals surface area contributed by atoms with Gasteiger partial charge in [-0.2, -0.15) is 0 Å². The Balaban J connectivity index is 1.22. The van der Waals surface area contributed by atoms with Crippen LogP contribution >= 0.6 is 11.6 Å². The standard InChI is InChI=1S/C22H25ClN2O2/c23-20-7-4-8-21-22(20)27-19(16-26-21)15-25-11-9-18(10-12-25)14-24-13-17-5-2-1-3-6-17/h1-8,13,18-19H,9-12,14-16H2/b24-13+. The summed E-state index contributed by atoms with van der Waals surface area (Å²) in [7, 11) is 0. The third kappa shape index (κ3) is 4.82. The number of piperidine rings is 1. The van der Waals surface area contributed by atoms with E-state index in [1.54, 1.807) is 0 Å². The fourth-order valence-corrected chi connectivity index (χ4v) is 3.89. The highest BCUT2D eigenvalue weighted by atomic mass is 35.5. The number of halogens is 1. The lowest BCUT2D eigenvalue weighted by atomic mass is 9.97. The number of ether oxygens (including phenoxy) is 2. The fraction of sp³-hybridized carbons (Fsp3) is 0.409. The molecule has 0 radical (unpaired) electrons. The number of hydrogen-bond acceptors (Lipinski definition) is 4. The minimum Gasteiger partial charge on any atom is -0.486 e. The van der Waals surface area contributed by atoms with Crippen molar-refractivity contribution in [2.24, 2.45) is 10.9 Å². The van der Waals surface area contributed by atoms with Gasteiger partial charge in [0.25, 0.3) is 0 Å². The molecule has 27 heavy (non-hydrogen) atoms. The molecule has 1 fully saturated rings. The Morgan fingerprint density at radius 3 is 2.70 bits per heavy atom. The summed E-state index contributed by atoms with van der Waals surface area (Å²) in [6, 6.07) is 15.9. The fourth-order valence-electron chi connectivity index (χ4n) is 3.68. The monoisotopic (exact) mass is 384 g/mol. The van der Waals surface area contributed by atoms with Crippen LogP contribution in [-0.4, -0.2) is 50.0 Å². The number of rotatable bonds is 5. The molecule has 0 aliphatic carbocycles. The van der Waals surface area contributed by atoms with Crippen LogP contribution in [0.1, 0.15) is 18.4 Å². The number of fused-ring (bicyclic) bond motifs is 1. The Hall–Kier alpha value is -2.04. The first-order valence-electron chi connectivity index (χ1n) is 9.63. The maximum Gasteiger partial charge on any atom is 0.180 e. The van der Waals surface area contributed by atoms with E-state index in [9.17, 15) is 0 Å². The largest absolute Gasteiger partial charge is 0.486 e. The van der Waals surface area contributed by atoms with Crippen molar-refractivity contribution in [1.82, 2.24) is 4.90 Å². The van der Waals surface area contributed by atoms with Crippen molar-refractivity contribution in [2.45, 2.75) is 18.9 Å². The molecule has 0 N–H and O–H groups in total. The molecule has 0 bridgehead atoms. The van der Waals surface area contributed by atoms with Gasteiger partial charge in [0.15, 0.2) is 11.5 Å². The lowest BCUT2D eigenvalue weighted by molar-refractivity contribution is 0.0484. The van der Waals surface area contributed by atoms with Crippen molar-refractivity contribution >= 4 is 17.8 Å². The Labute approximate surface area is 165 Å². The van der Waals surface area contributed by atoms with E-state index >= 15 is 0 Å². The molecule has 0 amide bonds. The van der Waals surface area contributed by atoms with E-state index < -0.39 is 0 Å². The van der Waals surface area contributed by atoms with E-state index in [4.69, 9.17) is 21.1 Å². The third-order valence-electron chi connectivity index (χ3n) is 5.21. The predicted octanol–water partition coefficient (Wildman–Crippen LogP) is 4.31. The molecule has 0 spiro atoms. The van der Waals surface area contributed by atoms with Gasteiger partial charge in [-0.25, -0.2) is 0 Å². The Kier molecular flexibility index (Phi) is 5.95. The molecule has 0 aromatic heterocycles. The van der Waals surface area contributed by atoms with Crippen LogP contribution in [0.4, 0.5) is 0 Å². The summed E-state index contributed by atoms with van der Waals surface area (Å²) >= 11 is 6.23. The zero-order valence-corrected chi connectivity index (χ0v) is 16.1. The second-order valence-electron chi connectivity index (χ2n) is 7.27. The second kappa shape index (κ2) is 8.77. The van der Waals surface area contributed by atoms with Crippen molar-refractivity contribution in [1.29, 1.82) is 0 Å². The van der Waals surface area contributed by atoms with Crippen LogP contribution < -0.4 is 9.47 Å². The molecular weight excluding hydrogens is 360 g/mol. The molecule has 142 valence electrons. The average molecular weight is 385 g/mol. The molecule has 2 heterocycles. The van der Waals surface area contributed by atoms with Crippen LogP contribution in [0.25, 0.3) is 0 Å². The summed E-state index contributed by atoms with van der Waals surface area (Å²) in [4.78, 5) is 7.10. The molecule has 1 unspecified atom stereocenters. The van der Waals surface area contributed by atoms with E-state index in [2.05, 4.69) is 22.0 Å². The van der Waals surface area contributed by atoms with E-state index in [1.165, 1.54) is 18.4 Å². The lowest BCUT2D eigenvalue weighted by Gasteiger charge is -2.35. The lowest BCUT2D eigenvalue weighted by Crippen LogP contribution is -2.44. The minimum absolute atomic E-state index is 0.0325. The van der Waals surface area contributed by atoms with Gasteiger partial charge < -0.3 is 9.47 Å². The number of benzene rings is 2. The van der Waals surface area contributed by atoms with E-state index in [1.807, 2.05) is 42.6 Å². The molecule has 1 atom stereocenters. The molecule has 4 rings (SSSR count). The Morgan fingerprint density at radius 1 is 1.07 bits per heavy atom. The third-order valence-corrected chi connectivity index (χ3v) is 5.51. The van der Waals surface area contributed by atoms with Crippen LogP contribution in [0.15, 0.2) is 53.5 Å². The first kappa shape index (κ1) is 18.3. The second-order valence-corrected chi connectivity index (χ2v) is 7.67. The van der Waals surface area contributed by atoms with Gasteiger partial charge >= 0.3 is 0 Å². The summed E-state index contributed by atoms with van der Waals surface area (Å²) in [5, 5.41) is 0.618. The van der Waals surface area contributed by atoms with Gasteiger partial charge in [0.2, 0.25) is 0 Å². The average Bonchev–Trinajstić information content (AvgIpc) is 2.71. The molecule has 2 aliphatic rings. The Morgan fingerprint density at radius 2 is 1.89 bits per heavy atom. The van der Waals surface area contributed by atoms with Crippen LogP contribution in [0, 0.1) is 5.92 Å². The highest BCUT2D eigenvalue weighted by Crippen LogP contribution is 2.38. The SMILES string of the molecule is Clc1cccc2c1OC(CN1CCC(C/N=C/c3ccccc3)CC1)CO2. The van der Waals surface area contributed by atoms with Gasteiger partial charge in [0.1, 0.15) is 12.7 Å². The molecule has 1 saturated heterocycles. The van der Waals surface area contributed by atoms with Gasteiger partial charge in [-0.05, 0) is 49.5 Å². The van der Waals surface area contributed by atoms with Crippen LogP contribution in [0.5, 0.6) is 11.5 Å². The summed E-state index contributed by atoms with van der Waals surface area (Å²) in [5.74, 6) is 2.09. The first-order chi connectivity index (χ1) is 13.3. The molecular formula is C22H25ClN2O2. The van der Waals surface area contributed by atoms with Gasteiger partial charge in [-0.1, -0.05) is 48.0 Å². The molecule has 5 heteroatoms. The number of para-hydroxylation sites is 1. The number of nitrogens with zero attached hydrogens (tertiary/aromatic N) is 2. The number of likely N-dealkylation sites (tertiary alicyclic amines) is 1. The first-order valence-corrected chi connectivity index (χ1v) is 10.0. The van der Waals surface area contributed by atoms with Crippen molar-refractivity contribution < 1.29 is 9.47 Å². The summed E-state index contributed by atoms with van der Waals surface area (Å²) in [6.07, 6.45) is 4.37. The topological polar surface area (TPSA) is 34.1 Å². The van der Waals surface area contributed by atoms with E-state index in [0.717, 1.165) is 31.9 Å². The van der Waals surface area contributed by atoms with Crippen molar-refractivity contribution in [3.63, 3.8) is 0 Å². The highest BCUT2D eigenvalue weighted by molar-refractivity contribution is 6.32. The molecule has 2 aromatic carbocycles. The highest BCUT2D eigenvalue weighted by Gasteiger charge is 2.27. The molecule has 2 aliphatic heterocycles. The molecule has 4 nitrogen and oxygen atoms in total. The Bertz CT molecular complexity index is 773. The number of aliphatic imine (C=N–C) groups is 1. The number of hydrogen-bond donors (Lipinski definition) is 0. The summed E-state index contributed by atoms with van der Waals surface area (Å²) in [6.45, 7) is 4.54. The predicted molar refractivity (Wildman–Crippen MR) is 109 cm³/mol. The zero-order valence-electron chi connectivity index (χ0n) is 15.4. The maximum absolute atomic E-state index is 6.23. The molecule has 0 saturated carbocycles. The maximum atomic E-state index is 6.23. The van der Waals surface area contributed by atoms with E-state index in [0.29, 0.717) is 23.3 Å². The quantitative estimate of drug-likeness (QED) is 0.720.